The molecule has 1 aliphatic rings. The van der Waals surface area contributed by atoms with Crippen molar-refractivity contribution in [2.45, 2.75) is 34.1 Å². The monoisotopic (exact) mass is 452 g/mol. The largest absolute Gasteiger partial charge is 0.338 e. The molecule has 2 atom stereocenters. The Morgan fingerprint density at radius 1 is 1.16 bits per heavy atom. The highest BCUT2D eigenvalue weighted by Gasteiger charge is 2.27. The van der Waals surface area contributed by atoms with Crippen molar-refractivity contribution in [1.82, 2.24) is 14.5 Å². The molecule has 0 radical (unpaired) electrons. The number of amides is 2. The van der Waals surface area contributed by atoms with Crippen molar-refractivity contribution >= 4 is 39.1 Å². The SMILES string of the molecule is Cc1ccc(C(=O)N2CC(C)CC(C)C2)cc1NC(=O)c1sc2ncn(C)c(=O)c2c1C. The number of anilines is 1. The van der Waals surface area contributed by atoms with Gasteiger partial charge in [0.1, 0.15) is 4.83 Å². The molecule has 8 heteroatoms. The summed E-state index contributed by atoms with van der Waals surface area (Å²) in [5.74, 6) is 0.638. The zero-order valence-corrected chi connectivity index (χ0v) is 19.9. The molecular formula is C24H28N4O3S. The summed E-state index contributed by atoms with van der Waals surface area (Å²) in [5.41, 5.74) is 2.48. The summed E-state index contributed by atoms with van der Waals surface area (Å²) in [4.78, 5) is 45.9. The van der Waals surface area contributed by atoms with Gasteiger partial charge < -0.3 is 14.8 Å². The van der Waals surface area contributed by atoms with Crippen LogP contribution in [0.1, 0.15) is 51.4 Å². The molecule has 0 saturated carbocycles. The number of aromatic nitrogens is 2. The zero-order chi connectivity index (χ0) is 23.2. The maximum Gasteiger partial charge on any atom is 0.266 e. The molecule has 3 heterocycles. The van der Waals surface area contributed by atoms with Gasteiger partial charge in [-0.15, -0.1) is 11.3 Å². The van der Waals surface area contributed by atoms with Gasteiger partial charge in [0, 0.05) is 31.4 Å². The second-order valence-corrected chi connectivity index (χ2v) is 10.0. The first-order valence-electron chi connectivity index (χ1n) is 10.8. The number of nitrogens with zero attached hydrogens (tertiary/aromatic N) is 3. The highest BCUT2D eigenvalue weighted by molar-refractivity contribution is 7.20. The van der Waals surface area contributed by atoms with Gasteiger partial charge in [0.15, 0.2) is 0 Å². The normalized spacial score (nSPS) is 18.7. The van der Waals surface area contributed by atoms with Crippen LogP contribution in [0.5, 0.6) is 0 Å². The Balaban J connectivity index is 1.61. The summed E-state index contributed by atoms with van der Waals surface area (Å²) < 4.78 is 1.41. The van der Waals surface area contributed by atoms with Crippen molar-refractivity contribution in [2.75, 3.05) is 18.4 Å². The first-order chi connectivity index (χ1) is 15.2. The van der Waals surface area contributed by atoms with E-state index in [0.717, 1.165) is 25.1 Å². The fourth-order valence-electron chi connectivity index (χ4n) is 4.51. The summed E-state index contributed by atoms with van der Waals surface area (Å²) in [7, 11) is 1.64. The molecule has 2 aromatic heterocycles. The lowest BCUT2D eigenvalue weighted by Crippen LogP contribution is -2.42. The van der Waals surface area contributed by atoms with Gasteiger partial charge in [0.05, 0.1) is 16.6 Å². The van der Waals surface area contributed by atoms with Gasteiger partial charge in [0.2, 0.25) is 0 Å². The van der Waals surface area contributed by atoms with Gasteiger partial charge in [-0.3, -0.25) is 14.4 Å². The fourth-order valence-corrected chi connectivity index (χ4v) is 5.54. The quantitative estimate of drug-likeness (QED) is 0.651. The van der Waals surface area contributed by atoms with Gasteiger partial charge in [-0.2, -0.15) is 0 Å². The number of hydrogen-bond donors (Lipinski definition) is 1. The smallest absolute Gasteiger partial charge is 0.266 e. The second kappa shape index (κ2) is 8.50. The predicted molar refractivity (Wildman–Crippen MR) is 128 cm³/mol. The van der Waals surface area contributed by atoms with Crippen molar-refractivity contribution in [3.05, 3.63) is 56.4 Å². The van der Waals surface area contributed by atoms with Crippen LogP contribution in [-0.4, -0.2) is 39.4 Å². The highest BCUT2D eigenvalue weighted by Crippen LogP contribution is 2.29. The number of carbonyl (C=O) groups is 2. The summed E-state index contributed by atoms with van der Waals surface area (Å²) >= 11 is 1.20. The lowest BCUT2D eigenvalue weighted by Gasteiger charge is -2.35. The summed E-state index contributed by atoms with van der Waals surface area (Å²) in [6, 6.07) is 5.42. The molecule has 2 amide bonds. The Labute approximate surface area is 191 Å². The van der Waals surface area contributed by atoms with Gasteiger partial charge in [0.25, 0.3) is 17.4 Å². The van der Waals surface area contributed by atoms with Crippen LogP contribution in [-0.2, 0) is 7.05 Å². The Bertz CT molecular complexity index is 1270. The second-order valence-electron chi connectivity index (χ2n) is 9.04. The number of carbonyl (C=O) groups excluding carboxylic acids is 2. The molecule has 168 valence electrons. The summed E-state index contributed by atoms with van der Waals surface area (Å²) in [5, 5.41) is 3.41. The van der Waals surface area contributed by atoms with Crippen LogP contribution in [0.3, 0.4) is 0 Å². The molecule has 1 fully saturated rings. The van der Waals surface area contributed by atoms with Crippen LogP contribution in [0.15, 0.2) is 29.3 Å². The minimum Gasteiger partial charge on any atom is -0.338 e. The number of benzene rings is 1. The number of aryl methyl sites for hydroxylation is 3. The van der Waals surface area contributed by atoms with Gasteiger partial charge in [-0.1, -0.05) is 19.9 Å². The van der Waals surface area contributed by atoms with Crippen LogP contribution in [0, 0.1) is 25.7 Å². The lowest BCUT2D eigenvalue weighted by atomic mass is 9.91. The van der Waals surface area contributed by atoms with E-state index in [9.17, 15) is 14.4 Å². The van der Waals surface area contributed by atoms with Crippen molar-refractivity contribution < 1.29 is 9.59 Å². The molecule has 32 heavy (non-hydrogen) atoms. The molecule has 0 spiro atoms. The molecule has 7 nitrogen and oxygen atoms in total. The molecule has 0 aliphatic carbocycles. The first kappa shape index (κ1) is 22.2. The molecule has 0 bridgehead atoms. The number of rotatable bonds is 3. The first-order valence-corrected chi connectivity index (χ1v) is 11.6. The van der Waals surface area contributed by atoms with E-state index in [-0.39, 0.29) is 17.4 Å². The number of likely N-dealkylation sites (tertiary alicyclic amines) is 1. The van der Waals surface area contributed by atoms with Gasteiger partial charge >= 0.3 is 0 Å². The Morgan fingerprint density at radius 3 is 2.53 bits per heavy atom. The minimum absolute atomic E-state index is 0.00959. The minimum atomic E-state index is -0.305. The third-order valence-corrected chi connectivity index (χ3v) is 7.30. The van der Waals surface area contributed by atoms with Crippen molar-refractivity contribution in [3.63, 3.8) is 0 Å². The maximum atomic E-state index is 13.1. The molecule has 4 rings (SSSR count). The molecule has 1 aliphatic heterocycles. The average Bonchev–Trinajstić information content (AvgIpc) is 3.08. The number of hydrogen-bond acceptors (Lipinski definition) is 5. The van der Waals surface area contributed by atoms with Crippen molar-refractivity contribution in [3.8, 4) is 0 Å². The topological polar surface area (TPSA) is 84.3 Å². The highest BCUT2D eigenvalue weighted by atomic mass is 32.1. The van der Waals surface area contributed by atoms with E-state index in [1.165, 1.54) is 22.2 Å². The molecular weight excluding hydrogens is 424 g/mol. The zero-order valence-electron chi connectivity index (χ0n) is 19.1. The predicted octanol–water partition coefficient (Wildman–Crippen LogP) is 3.98. The summed E-state index contributed by atoms with van der Waals surface area (Å²) in [6.45, 7) is 9.51. The molecule has 1 N–H and O–H groups in total. The van der Waals surface area contributed by atoms with Crippen LogP contribution >= 0.6 is 11.3 Å². The Hall–Kier alpha value is -3.00. The molecule has 2 unspecified atom stereocenters. The van der Waals surface area contributed by atoms with Crippen LogP contribution in [0.2, 0.25) is 0 Å². The van der Waals surface area contributed by atoms with E-state index < -0.39 is 0 Å². The van der Waals surface area contributed by atoms with E-state index in [1.807, 2.05) is 24.0 Å². The maximum absolute atomic E-state index is 13.1. The number of piperidine rings is 1. The van der Waals surface area contributed by atoms with Crippen LogP contribution < -0.4 is 10.9 Å². The van der Waals surface area contributed by atoms with Crippen LogP contribution in [0.4, 0.5) is 5.69 Å². The van der Waals surface area contributed by atoms with E-state index in [4.69, 9.17) is 0 Å². The van der Waals surface area contributed by atoms with Gasteiger partial charge in [-0.25, -0.2) is 4.98 Å². The number of thiophene rings is 1. The van der Waals surface area contributed by atoms with E-state index in [2.05, 4.69) is 24.1 Å². The summed E-state index contributed by atoms with van der Waals surface area (Å²) in [6.07, 6.45) is 2.59. The van der Waals surface area contributed by atoms with E-state index >= 15 is 0 Å². The van der Waals surface area contributed by atoms with E-state index in [1.54, 1.807) is 20.0 Å². The molecule has 1 saturated heterocycles. The molecule has 1 aromatic carbocycles. The van der Waals surface area contributed by atoms with E-state index in [0.29, 0.717) is 43.7 Å². The Kier molecular flexibility index (Phi) is 5.90. The lowest BCUT2D eigenvalue weighted by molar-refractivity contribution is 0.0623. The number of fused-ring (bicyclic) bond motifs is 1. The number of nitrogens with one attached hydrogen (secondary N) is 1. The fraction of sp³-hybridized carbons (Fsp3) is 0.417. The third kappa shape index (κ3) is 4.07. The average molecular weight is 453 g/mol. The van der Waals surface area contributed by atoms with Crippen LogP contribution in [0.25, 0.3) is 10.2 Å². The van der Waals surface area contributed by atoms with Crippen molar-refractivity contribution in [1.29, 1.82) is 0 Å². The Morgan fingerprint density at radius 2 is 1.84 bits per heavy atom. The van der Waals surface area contributed by atoms with Gasteiger partial charge in [-0.05, 0) is 55.4 Å². The molecule has 3 aromatic rings. The standard InChI is InChI=1S/C24H28N4O3S/c1-13-8-14(2)11-28(10-13)23(30)17-7-6-15(3)18(9-17)26-21(29)20-16(4)19-22(32-20)25-12-27(5)24(19)31/h6-7,9,12-14H,8,10-11H2,1-5H3,(H,26,29). The third-order valence-electron chi connectivity index (χ3n) is 6.11. The van der Waals surface area contributed by atoms with Crippen molar-refractivity contribution in [2.24, 2.45) is 18.9 Å².